The zero-order chi connectivity index (χ0) is 18.1. The summed E-state index contributed by atoms with van der Waals surface area (Å²) in [4.78, 5) is 44.7. The molecule has 1 aromatic rings. The van der Waals surface area contributed by atoms with Crippen LogP contribution in [0, 0.1) is 0 Å². The minimum atomic E-state index is -5.25. The number of nitrogens with zero attached hydrogens (tertiary/aromatic N) is 3. The highest BCUT2D eigenvalue weighted by molar-refractivity contribution is 7.60. The number of hydrogen-bond acceptors (Lipinski definition) is 10. The summed E-state index contributed by atoms with van der Waals surface area (Å²) in [6, 6.07) is 0. The van der Waals surface area contributed by atoms with E-state index in [0.29, 0.717) is 0 Å². The van der Waals surface area contributed by atoms with Crippen LogP contribution in [0.5, 0.6) is 0 Å². The van der Waals surface area contributed by atoms with Gasteiger partial charge in [0.25, 0.3) is 0 Å². The van der Waals surface area contributed by atoms with Crippen LogP contribution in [0.2, 0.25) is 0 Å². The first-order chi connectivity index (χ1) is 11.0. The fraction of sp³-hybridized carbons (Fsp3) is 0.625. The zero-order valence-corrected chi connectivity index (χ0v) is 13.6. The molecule has 6 N–H and O–H groups in total. The van der Waals surface area contributed by atoms with Crippen molar-refractivity contribution in [2.75, 3.05) is 12.3 Å². The first-order valence-electron chi connectivity index (χ1n) is 6.25. The standard InChI is InChI=1S/C8H14N4O10P2/c9-7-10-3-12(8(14)11-7)6-1-4(13)5(21-6)2-20-24(18,19)22-23(15,16)17/h3-6,13H,1-2H2,(H,18,19)(H2,9,11,14)(H2,15,16,17)/t4-,5+,6+/m0/s1. The molecule has 1 aromatic heterocycles. The number of aliphatic hydroxyl groups excluding tert-OH is 1. The van der Waals surface area contributed by atoms with Gasteiger partial charge in [-0.25, -0.2) is 18.9 Å². The summed E-state index contributed by atoms with van der Waals surface area (Å²) in [5, 5.41) is 9.84. The topological polar surface area (TPSA) is 217 Å². The molecule has 1 aliphatic rings. The summed E-state index contributed by atoms with van der Waals surface area (Å²) in [5.74, 6) is -0.245. The first kappa shape index (κ1) is 19.1. The normalized spacial score (nSPS) is 27.1. The van der Waals surface area contributed by atoms with Gasteiger partial charge in [0.05, 0.1) is 12.7 Å². The van der Waals surface area contributed by atoms with Crippen molar-refractivity contribution in [2.45, 2.75) is 24.9 Å². The van der Waals surface area contributed by atoms with Crippen LogP contribution in [0.15, 0.2) is 11.1 Å². The predicted molar refractivity (Wildman–Crippen MR) is 74.1 cm³/mol. The predicted octanol–water partition coefficient (Wildman–Crippen LogP) is -1.90. The van der Waals surface area contributed by atoms with E-state index in [2.05, 4.69) is 18.8 Å². The van der Waals surface area contributed by atoms with Crippen molar-refractivity contribution < 1.29 is 42.5 Å². The summed E-state index contributed by atoms with van der Waals surface area (Å²) in [7, 11) is -10.3. The summed E-state index contributed by atoms with van der Waals surface area (Å²) < 4.78 is 36.1. The van der Waals surface area contributed by atoms with E-state index in [1.807, 2.05) is 0 Å². The molecule has 0 spiro atoms. The average molecular weight is 388 g/mol. The monoisotopic (exact) mass is 388 g/mol. The van der Waals surface area contributed by atoms with Gasteiger partial charge in [-0.15, -0.1) is 0 Å². The van der Waals surface area contributed by atoms with E-state index < -0.39 is 46.4 Å². The zero-order valence-electron chi connectivity index (χ0n) is 11.8. The second-order valence-corrected chi connectivity index (χ2v) is 7.50. The van der Waals surface area contributed by atoms with Gasteiger partial charge in [0.1, 0.15) is 18.7 Å². The van der Waals surface area contributed by atoms with E-state index in [1.165, 1.54) is 0 Å². The number of rotatable bonds is 6. The molecule has 1 aliphatic heterocycles. The van der Waals surface area contributed by atoms with E-state index >= 15 is 0 Å². The van der Waals surface area contributed by atoms with Crippen molar-refractivity contribution in [3.05, 3.63) is 16.8 Å². The molecular formula is C8H14N4O10P2. The molecule has 0 aromatic carbocycles. The Morgan fingerprint density at radius 2 is 2.08 bits per heavy atom. The molecule has 14 nitrogen and oxygen atoms in total. The Hall–Kier alpha value is -1.21. The van der Waals surface area contributed by atoms with E-state index in [0.717, 1.165) is 10.9 Å². The van der Waals surface area contributed by atoms with Crippen molar-refractivity contribution in [1.82, 2.24) is 14.5 Å². The van der Waals surface area contributed by atoms with Gasteiger partial charge in [-0.1, -0.05) is 0 Å². The Morgan fingerprint density at radius 1 is 1.42 bits per heavy atom. The number of aliphatic hydroxyl groups is 1. The SMILES string of the molecule is Nc1ncn([C@H]2C[C@H](O)[C@@H](COP(=O)(O)OP(=O)(O)O)O2)c(=O)n1. The van der Waals surface area contributed by atoms with Crippen LogP contribution in [-0.2, 0) is 22.7 Å². The Morgan fingerprint density at radius 3 is 2.67 bits per heavy atom. The highest BCUT2D eigenvalue weighted by Gasteiger charge is 2.39. The van der Waals surface area contributed by atoms with Gasteiger partial charge >= 0.3 is 21.3 Å². The van der Waals surface area contributed by atoms with E-state index in [-0.39, 0.29) is 12.4 Å². The molecule has 24 heavy (non-hydrogen) atoms. The molecular weight excluding hydrogens is 374 g/mol. The average Bonchev–Trinajstić information content (AvgIpc) is 2.75. The van der Waals surface area contributed by atoms with Gasteiger partial charge in [0.2, 0.25) is 5.95 Å². The lowest BCUT2D eigenvalue weighted by Gasteiger charge is -2.18. The minimum Gasteiger partial charge on any atom is -0.390 e. The number of phosphoric ester groups is 1. The number of phosphoric acid groups is 2. The van der Waals surface area contributed by atoms with Crippen molar-refractivity contribution in [3.8, 4) is 0 Å². The number of aromatic nitrogens is 3. The summed E-state index contributed by atoms with van der Waals surface area (Å²) >= 11 is 0. The number of ether oxygens (including phenoxy) is 1. The molecule has 1 saturated heterocycles. The summed E-state index contributed by atoms with van der Waals surface area (Å²) in [5.41, 5.74) is 4.47. The minimum absolute atomic E-state index is 0.0870. The third-order valence-corrected chi connectivity index (χ3v) is 5.02. The molecule has 0 aliphatic carbocycles. The molecule has 1 unspecified atom stereocenters. The highest BCUT2D eigenvalue weighted by Crippen LogP contribution is 2.57. The molecule has 0 amide bonds. The van der Waals surface area contributed by atoms with Crippen molar-refractivity contribution >= 4 is 21.6 Å². The van der Waals surface area contributed by atoms with Crippen molar-refractivity contribution in [1.29, 1.82) is 0 Å². The molecule has 0 saturated carbocycles. The highest BCUT2D eigenvalue weighted by atomic mass is 31.3. The first-order valence-corrected chi connectivity index (χ1v) is 9.28. The van der Waals surface area contributed by atoms with Gasteiger partial charge in [-0.05, 0) is 0 Å². The smallest absolute Gasteiger partial charge is 0.390 e. The Labute approximate surface area is 133 Å². The lowest BCUT2D eigenvalue weighted by atomic mass is 10.2. The molecule has 16 heteroatoms. The van der Waals surface area contributed by atoms with Crippen LogP contribution < -0.4 is 11.4 Å². The number of anilines is 1. The molecule has 4 atom stereocenters. The largest absolute Gasteiger partial charge is 0.481 e. The molecule has 136 valence electrons. The van der Waals surface area contributed by atoms with Gasteiger partial charge in [-0.3, -0.25) is 9.09 Å². The fourth-order valence-electron chi connectivity index (χ4n) is 1.91. The number of nitrogen functional groups attached to an aromatic ring is 1. The van der Waals surface area contributed by atoms with Gasteiger partial charge < -0.3 is 30.3 Å². The Kier molecular flexibility index (Phi) is 5.54. The van der Waals surface area contributed by atoms with Crippen LogP contribution in [0.3, 0.4) is 0 Å². The molecule has 2 heterocycles. The molecule has 1 fully saturated rings. The number of nitrogens with two attached hydrogens (primary N) is 1. The molecule has 0 radical (unpaired) electrons. The number of hydrogen-bond donors (Lipinski definition) is 5. The van der Waals surface area contributed by atoms with Crippen molar-refractivity contribution in [2.24, 2.45) is 0 Å². The van der Waals surface area contributed by atoms with Crippen LogP contribution in [0.25, 0.3) is 0 Å². The maximum Gasteiger partial charge on any atom is 0.481 e. The van der Waals surface area contributed by atoms with Crippen LogP contribution in [-0.4, -0.2) is 53.1 Å². The van der Waals surface area contributed by atoms with E-state index in [4.69, 9.17) is 25.2 Å². The lowest BCUT2D eigenvalue weighted by molar-refractivity contribution is -0.0453. The van der Waals surface area contributed by atoms with Crippen LogP contribution >= 0.6 is 15.6 Å². The van der Waals surface area contributed by atoms with Crippen LogP contribution in [0.4, 0.5) is 5.95 Å². The Balaban J connectivity index is 2.00. The molecule has 0 bridgehead atoms. The Bertz CT molecular complexity index is 749. The van der Waals surface area contributed by atoms with Gasteiger partial charge in [0.15, 0.2) is 0 Å². The third kappa shape index (κ3) is 5.14. The maximum absolute atomic E-state index is 11.7. The van der Waals surface area contributed by atoms with Gasteiger partial charge in [-0.2, -0.15) is 9.29 Å². The van der Waals surface area contributed by atoms with Crippen LogP contribution in [0.1, 0.15) is 12.6 Å². The quantitative estimate of drug-likeness (QED) is 0.337. The second-order valence-electron chi connectivity index (χ2n) is 4.67. The maximum atomic E-state index is 11.7. The van der Waals surface area contributed by atoms with Gasteiger partial charge in [0, 0.05) is 6.42 Å². The van der Waals surface area contributed by atoms with Crippen molar-refractivity contribution in [3.63, 3.8) is 0 Å². The lowest BCUT2D eigenvalue weighted by Crippen LogP contribution is -2.29. The summed E-state index contributed by atoms with van der Waals surface area (Å²) in [6.45, 7) is -0.726. The fourth-order valence-corrected chi connectivity index (χ4v) is 3.51. The van der Waals surface area contributed by atoms with E-state index in [9.17, 15) is 19.0 Å². The van der Waals surface area contributed by atoms with E-state index in [1.54, 1.807) is 0 Å². The molecule has 2 rings (SSSR count). The summed E-state index contributed by atoms with van der Waals surface area (Å²) in [6.07, 6.45) is -2.38. The third-order valence-electron chi connectivity index (χ3n) is 2.87. The second kappa shape index (κ2) is 6.96.